The van der Waals surface area contributed by atoms with Crippen LogP contribution >= 0.6 is 0 Å². The van der Waals surface area contributed by atoms with Crippen LogP contribution in [0.25, 0.3) is 0 Å². The molecular weight excluding hydrogens is 300 g/mol. The maximum absolute atomic E-state index is 12.4. The van der Waals surface area contributed by atoms with Crippen molar-refractivity contribution >= 4 is 25.9 Å². The lowest BCUT2D eigenvalue weighted by molar-refractivity contribution is -0.151. The van der Waals surface area contributed by atoms with Gasteiger partial charge in [-0.1, -0.05) is 0 Å². The van der Waals surface area contributed by atoms with Crippen LogP contribution in [0.1, 0.15) is 32.6 Å². The molecule has 5 nitrogen and oxygen atoms in total. The van der Waals surface area contributed by atoms with Gasteiger partial charge in [-0.2, -0.15) is 0 Å². The Labute approximate surface area is 132 Å². The molecule has 0 unspecified atom stereocenters. The Balaban J connectivity index is 2.24. The maximum Gasteiger partial charge on any atom is 0.309 e. The second-order valence-corrected chi connectivity index (χ2v) is 11.4. The highest BCUT2D eigenvalue weighted by Crippen LogP contribution is 2.42. The number of ether oxygens (including phenoxy) is 1. The summed E-state index contributed by atoms with van der Waals surface area (Å²) in [5.41, 5.74) is 0.213. The van der Waals surface area contributed by atoms with Crippen molar-refractivity contribution in [3.05, 3.63) is 11.3 Å². The largest absolute Gasteiger partial charge is 0.546 e. The standard InChI is InChI=1S/C16H24O5Si/c1-5-20-16(19)11-8-12(17)14(13(18)9-11)15(10-6-7-10)21-22(2,3)4/h10-11H,5-9H2,1-4H3. The Bertz CT molecular complexity index is 505. The van der Waals surface area contributed by atoms with Crippen molar-refractivity contribution in [1.82, 2.24) is 0 Å². The van der Waals surface area contributed by atoms with Gasteiger partial charge in [0.25, 0.3) is 0 Å². The van der Waals surface area contributed by atoms with Crippen LogP contribution < -0.4 is 0 Å². The van der Waals surface area contributed by atoms with E-state index in [0.717, 1.165) is 12.8 Å². The molecule has 2 rings (SSSR count). The van der Waals surface area contributed by atoms with Gasteiger partial charge >= 0.3 is 5.97 Å². The lowest BCUT2D eigenvalue weighted by Gasteiger charge is -2.27. The topological polar surface area (TPSA) is 69.7 Å². The van der Waals surface area contributed by atoms with E-state index in [2.05, 4.69) is 0 Å². The second kappa shape index (κ2) is 6.36. The highest BCUT2D eigenvalue weighted by Gasteiger charge is 2.42. The molecule has 2 fully saturated rings. The summed E-state index contributed by atoms with van der Waals surface area (Å²) in [5.74, 6) is -0.840. The van der Waals surface area contributed by atoms with Gasteiger partial charge in [0, 0.05) is 18.8 Å². The lowest BCUT2D eigenvalue weighted by atomic mass is 9.82. The summed E-state index contributed by atoms with van der Waals surface area (Å²) in [7, 11) is -1.89. The molecule has 0 bridgehead atoms. The molecule has 0 N–H and O–H groups in total. The van der Waals surface area contributed by atoms with E-state index in [-0.39, 0.29) is 42.5 Å². The van der Waals surface area contributed by atoms with Crippen LogP contribution in [0.3, 0.4) is 0 Å². The van der Waals surface area contributed by atoms with E-state index in [1.807, 2.05) is 19.6 Å². The number of rotatable bonds is 5. The molecule has 0 aromatic carbocycles. The molecule has 0 atom stereocenters. The van der Waals surface area contributed by atoms with E-state index in [0.29, 0.717) is 5.76 Å². The Morgan fingerprint density at radius 1 is 1.09 bits per heavy atom. The van der Waals surface area contributed by atoms with E-state index < -0.39 is 20.2 Å². The molecule has 2 aliphatic rings. The summed E-state index contributed by atoms with van der Waals surface area (Å²) >= 11 is 0. The third-order valence-corrected chi connectivity index (χ3v) is 4.48. The van der Waals surface area contributed by atoms with Gasteiger partial charge in [0.1, 0.15) is 0 Å². The number of hydrogen-bond donors (Lipinski definition) is 0. The Kier molecular flexibility index (Phi) is 4.89. The summed E-state index contributed by atoms with van der Waals surface area (Å²) < 4.78 is 11.0. The summed E-state index contributed by atoms with van der Waals surface area (Å²) in [6.07, 6.45) is 2.02. The number of Topliss-reactive ketones (excluding diaryl/α,β-unsaturated/α-hetero) is 2. The van der Waals surface area contributed by atoms with Gasteiger partial charge in [0.15, 0.2) is 11.6 Å². The zero-order valence-electron chi connectivity index (χ0n) is 13.7. The van der Waals surface area contributed by atoms with Crippen molar-refractivity contribution in [2.45, 2.75) is 52.2 Å². The van der Waals surface area contributed by atoms with Gasteiger partial charge in [0.05, 0.1) is 23.9 Å². The molecule has 2 aliphatic carbocycles. The minimum atomic E-state index is -1.89. The average Bonchev–Trinajstić information content (AvgIpc) is 3.19. The molecule has 0 spiro atoms. The summed E-state index contributed by atoms with van der Waals surface area (Å²) in [6.45, 7) is 8.08. The first-order chi connectivity index (χ1) is 10.2. The van der Waals surface area contributed by atoms with Gasteiger partial charge in [-0.25, -0.2) is 0 Å². The zero-order chi connectivity index (χ0) is 16.5. The van der Waals surface area contributed by atoms with Crippen molar-refractivity contribution in [1.29, 1.82) is 0 Å². The first-order valence-corrected chi connectivity index (χ1v) is 11.3. The number of carbonyl (C=O) groups is 3. The molecule has 0 amide bonds. The molecule has 2 saturated carbocycles. The Morgan fingerprint density at radius 2 is 1.64 bits per heavy atom. The fourth-order valence-corrected chi connectivity index (χ4v) is 3.52. The van der Waals surface area contributed by atoms with E-state index in [1.165, 1.54) is 0 Å². The van der Waals surface area contributed by atoms with Crippen molar-refractivity contribution in [2.75, 3.05) is 6.61 Å². The van der Waals surface area contributed by atoms with Crippen LogP contribution in [0.5, 0.6) is 0 Å². The third kappa shape index (κ3) is 4.06. The van der Waals surface area contributed by atoms with Crippen LogP contribution in [0.2, 0.25) is 19.6 Å². The van der Waals surface area contributed by atoms with Crippen LogP contribution in [0.4, 0.5) is 0 Å². The number of allylic oxidation sites excluding steroid dienone is 2. The van der Waals surface area contributed by atoms with Crippen LogP contribution in [-0.2, 0) is 23.5 Å². The molecule has 122 valence electrons. The quantitative estimate of drug-likeness (QED) is 0.256. The minimum Gasteiger partial charge on any atom is -0.546 e. The van der Waals surface area contributed by atoms with E-state index >= 15 is 0 Å². The van der Waals surface area contributed by atoms with E-state index in [9.17, 15) is 14.4 Å². The zero-order valence-corrected chi connectivity index (χ0v) is 14.7. The van der Waals surface area contributed by atoms with Crippen LogP contribution in [-0.4, -0.2) is 32.5 Å². The fourth-order valence-electron chi connectivity index (χ4n) is 2.59. The van der Waals surface area contributed by atoms with Crippen molar-refractivity contribution < 1.29 is 23.5 Å². The van der Waals surface area contributed by atoms with Gasteiger partial charge in [0.2, 0.25) is 8.32 Å². The number of carbonyl (C=O) groups excluding carboxylic acids is 3. The van der Waals surface area contributed by atoms with Crippen LogP contribution in [0.15, 0.2) is 11.3 Å². The average molecular weight is 324 g/mol. The smallest absolute Gasteiger partial charge is 0.309 e. The molecule has 0 aromatic heterocycles. The second-order valence-electron chi connectivity index (χ2n) is 6.93. The molecular formula is C16H24O5Si. The van der Waals surface area contributed by atoms with Gasteiger partial charge in [-0.15, -0.1) is 0 Å². The molecule has 0 heterocycles. The molecule has 22 heavy (non-hydrogen) atoms. The summed E-state index contributed by atoms with van der Waals surface area (Å²) in [4.78, 5) is 36.6. The summed E-state index contributed by atoms with van der Waals surface area (Å²) in [6, 6.07) is 0. The number of hydrogen-bond acceptors (Lipinski definition) is 5. The van der Waals surface area contributed by atoms with Crippen molar-refractivity contribution in [2.24, 2.45) is 11.8 Å². The van der Waals surface area contributed by atoms with Gasteiger partial charge in [-0.05, 0) is 39.4 Å². The van der Waals surface area contributed by atoms with Gasteiger partial charge in [-0.3, -0.25) is 14.4 Å². The Hall–Kier alpha value is -1.43. The molecule has 0 radical (unpaired) electrons. The monoisotopic (exact) mass is 324 g/mol. The van der Waals surface area contributed by atoms with E-state index in [4.69, 9.17) is 9.16 Å². The maximum atomic E-state index is 12.4. The highest BCUT2D eigenvalue weighted by molar-refractivity contribution is 6.70. The molecule has 0 aromatic rings. The third-order valence-electron chi connectivity index (χ3n) is 3.65. The van der Waals surface area contributed by atoms with E-state index in [1.54, 1.807) is 6.92 Å². The van der Waals surface area contributed by atoms with Crippen LogP contribution in [0, 0.1) is 11.8 Å². The number of esters is 1. The molecule has 0 saturated heterocycles. The molecule has 6 heteroatoms. The number of ketones is 2. The first-order valence-electron chi connectivity index (χ1n) is 7.89. The first kappa shape index (κ1) is 16.9. The van der Waals surface area contributed by atoms with Crippen molar-refractivity contribution in [3.63, 3.8) is 0 Å². The van der Waals surface area contributed by atoms with Gasteiger partial charge < -0.3 is 9.16 Å². The van der Waals surface area contributed by atoms with Crippen molar-refractivity contribution in [3.8, 4) is 0 Å². The minimum absolute atomic E-state index is 0.0468. The predicted molar refractivity (Wildman–Crippen MR) is 83.6 cm³/mol. The lowest BCUT2D eigenvalue weighted by Crippen LogP contribution is -2.35. The normalized spacial score (nSPS) is 22.5. The highest BCUT2D eigenvalue weighted by atomic mass is 28.4. The summed E-state index contributed by atoms with van der Waals surface area (Å²) in [5, 5.41) is 0. The SMILES string of the molecule is CCOC(=O)C1CC(=O)C(=C(O[Si](C)(C)C)C2CC2)C(=O)C1. The predicted octanol–water partition coefficient (Wildman–Crippen LogP) is 2.61. The fraction of sp³-hybridized carbons (Fsp3) is 0.688. The molecule has 0 aliphatic heterocycles. The Morgan fingerprint density at radius 3 is 2.05 bits per heavy atom.